The van der Waals surface area contributed by atoms with Crippen LogP contribution in [0.25, 0.3) is 0 Å². The number of carboxylic acid groups (broad SMARTS) is 1. The molecular weight excluding hydrogens is 347 g/mol. The van der Waals surface area contributed by atoms with Gasteiger partial charge in [-0.3, -0.25) is 4.79 Å². The molecule has 1 amide bonds. The molecule has 0 saturated carbocycles. The predicted molar refractivity (Wildman–Crippen MR) is 67.9 cm³/mol. The van der Waals surface area contributed by atoms with Crippen LogP contribution in [0.2, 0.25) is 0 Å². The summed E-state index contributed by atoms with van der Waals surface area (Å²) in [5.74, 6) is -4.72. The van der Waals surface area contributed by atoms with Crippen LogP contribution in [-0.2, 0) is 15.1 Å². The molecule has 4 nitrogen and oxygen atoms in total. The van der Waals surface area contributed by atoms with Gasteiger partial charge in [0.05, 0.1) is 4.47 Å². The Hall–Kier alpha value is -1.21. The van der Waals surface area contributed by atoms with E-state index in [0.717, 1.165) is 13.0 Å². The zero-order valence-corrected chi connectivity index (χ0v) is 12.0. The number of benzene rings is 1. The molecule has 0 aromatic heterocycles. The Morgan fingerprint density at radius 3 is 2.47 bits per heavy atom. The highest BCUT2D eigenvalue weighted by Gasteiger charge is 2.39. The smallest absolute Gasteiger partial charge is 0.333 e. The lowest BCUT2D eigenvalue weighted by Crippen LogP contribution is -2.50. The second-order valence-electron chi connectivity index (χ2n) is 3.86. The van der Waals surface area contributed by atoms with E-state index in [4.69, 9.17) is 11.6 Å². The first kappa shape index (κ1) is 15.8. The summed E-state index contributed by atoms with van der Waals surface area (Å²) in [6, 6.07) is 1.50. The lowest BCUT2D eigenvalue weighted by molar-refractivity contribution is -0.147. The van der Waals surface area contributed by atoms with Crippen LogP contribution in [0.3, 0.4) is 0 Å². The first-order valence-electron chi connectivity index (χ1n) is 4.97. The highest BCUT2D eigenvalue weighted by molar-refractivity contribution is 9.10. The third-order valence-electron chi connectivity index (χ3n) is 2.49. The molecule has 104 valence electrons. The minimum Gasteiger partial charge on any atom is -0.479 e. The number of nitrogens with one attached hydrogen (secondary N) is 1. The van der Waals surface area contributed by atoms with Crippen molar-refractivity contribution >= 4 is 39.4 Å². The fraction of sp³-hybridized carbons (Fsp3) is 0.273. The molecule has 1 rings (SSSR count). The van der Waals surface area contributed by atoms with Crippen LogP contribution >= 0.6 is 27.5 Å². The maximum atomic E-state index is 13.7. The maximum Gasteiger partial charge on any atom is 0.333 e. The van der Waals surface area contributed by atoms with Crippen LogP contribution in [0, 0.1) is 11.6 Å². The number of carbonyl (C=O) groups is 2. The van der Waals surface area contributed by atoms with Gasteiger partial charge in [0.1, 0.15) is 17.5 Å². The van der Waals surface area contributed by atoms with E-state index in [-0.39, 0.29) is 10.0 Å². The summed E-state index contributed by atoms with van der Waals surface area (Å²) in [6.45, 7) is 1.09. The molecule has 0 fully saturated rings. The van der Waals surface area contributed by atoms with Crippen LogP contribution in [0.1, 0.15) is 12.5 Å². The van der Waals surface area contributed by atoms with Crippen LogP contribution in [-0.4, -0.2) is 22.9 Å². The van der Waals surface area contributed by atoms with Gasteiger partial charge in [0.15, 0.2) is 5.54 Å². The van der Waals surface area contributed by atoms with Gasteiger partial charge in [-0.05, 0) is 28.9 Å². The molecule has 1 aromatic rings. The second-order valence-corrected chi connectivity index (χ2v) is 4.98. The fourth-order valence-corrected chi connectivity index (χ4v) is 1.86. The summed E-state index contributed by atoms with van der Waals surface area (Å²) in [6.07, 6.45) is 0. The number of halogens is 4. The summed E-state index contributed by atoms with van der Waals surface area (Å²) in [4.78, 5) is 22.5. The number of rotatable bonds is 4. The van der Waals surface area contributed by atoms with Crippen molar-refractivity contribution in [3.8, 4) is 0 Å². The van der Waals surface area contributed by atoms with Gasteiger partial charge in [0.2, 0.25) is 5.91 Å². The summed E-state index contributed by atoms with van der Waals surface area (Å²) in [5, 5.41) is 11.3. The maximum absolute atomic E-state index is 13.7. The molecule has 1 aromatic carbocycles. The van der Waals surface area contributed by atoms with Crippen molar-refractivity contribution in [2.75, 3.05) is 5.88 Å². The van der Waals surface area contributed by atoms with E-state index < -0.39 is 34.9 Å². The Bertz CT molecular complexity index is 541. The fourth-order valence-electron chi connectivity index (χ4n) is 1.45. The van der Waals surface area contributed by atoms with E-state index in [0.29, 0.717) is 6.07 Å². The summed E-state index contributed by atoms with van der Waals surface area (Å²) in [7, 11) is 0. The standard InChI is InChI=1S/C11H9BrClF2NO3/c1-11(10(18)19,16-9(17)4-13)5-2-6(12)8(15)3-7(5)14/h2-3H,4H2,1H3,(H,16,17)(H,18,19). The minimum atomic E-state index is -2.05. The van der Waals surface area contributed by atoms with Crippen molar-refractivity contribution in [2.45, 2.75) is 12.5 Å². The van der Waals surface area contributed by atoms with E-state index in [2.05, 4.69) is 21.2 Å². The Morgan fingerprint density at radius 2 is 2.00 bits per heavy atom. The SMILES string of the molecule is CC(NC(=O)CCl)(C(=O)O)c1cc(Br)c(F)cc1F. The van der Waals surface area contributed by atoms with Crippen LogP contribution in [0.5, 0.6) is 0 Å². The number of carbonyl (C=O) groups excluding carboxylic acids is 1. The molecule has 0 spiro atoms. The number of hydrogen-bond donors (Lipinski definition) is 2. The van der Waals surface area contributed by atoms with Gasteiger partial charge in [-0.15, -0.1) is 11.6 Å². The Kier molecular flexibility index (Phi) is 4.86. The zero-order valence-electron chi connectivity index (χ0n) is 9.64. The zero-order chi connectivity index (χ0) is 14.8. The van der Waals surface area contributed by atoms with E-state index in [1.54, 1.807) is 0 Å². The molecule has 0 saturated heterocycles. The number of alkyl halides is 1. The van der Waals surface area contributed by atoms with Crippen molar-refractivity contribution in [2.24, 2.45) is 0 Å². The molecule has 2 N–H and O–H groups in total. The van der Waals surface area contributed by atoms with Crippen LogP contribution < -0.4 is 5.32 Å². The monoisotopic (exact) mass is 355 g/mol. The quantitative estimate of drug-likeness (QED) is 0.643. The van der Waals surface area contributed by atoms with Gasteiger partial charge in [-0.2, -0.15) is 0 Å². The molecule has 0 heterocycles. The summed E-state index contributed by atoms with van der Waals surface area (Å²) >= 11 is 8.11. The average molecular weight is 357 g/mol. The van der Waals surface area contributed by atoms with Crippen molar-refractivity contribution < 1.29 is 23.5 Å². The molecular formula is C11H9BrClF2NO3. The van der Waals surface area contributed by atoms with Crippen molar-refractivity contribution in [3.05, 3.63) is 33.8 Å². The van der Waals surface area contributed by atoms with Gasteiger partial charge in [0, 0.05) is 11.6 Å². The second kappa shape index (κ2) is 5.83. The number of hydrogen-bond acceptors (Lipinski definition) is 2. The van der Waals surface area contributed by atoms with Crippen molar-refractivity contribution in [1.29, 1.82) is 0 Å². The van der Waals surface area contributed by atoms with Gasteiger partial charge in [0.25, 0.3) is 0 Å². The van der Waals surface area contributed by atoms with Crippen LogP contribution in [0.4, 0.5) is 8.78 Å². The lowest BCUT2D eigenvalue weighted by Gasteiger charge is -2.27. The minimum absolute atomic E-state index is 0.114. The number of amides is 1. The first-order valence-corrected chi connectivity index (χ1v) is 6.30. The Labute approximate surface area is 120 Å². The lowest BCUT2D eigenvalue weighted by atomic mass is 9.91. The highest BCUT2D eigenvalue weighted by Crippen LogP contribution is 2.29. The molecule has 0 radical (unpaired) electrons. The molecule has 0 aliphatic carbocycles. The van der Waals surface area contributed by atoms with Gasteiger partial charge >= 0.3 is 5.97 Å². The van der Waals surface area contributed by atoms with E-state index >= 15 is 0 Å². The van der Waals surface area contributed by atoms with Crippen LogP contribution in [0.15, 0.2) is 16.6 Å². The van der Waals surface area contributed by atoms with Gasteiger partial charge < -0.3 is 10.4 Å². The topological polar surface area (TPSA) is 66.4 Å². The largest absolute Gasteiger partial charge is 0.479 e. The van der Waals surface area contributed by atoms with Gasteiger partial charge in [-0.25, -0.2) is 13.6 Å². The molecule has 1 atom stereocenters. The summed E-state index contributed by atoms with van der Waals surface area (Å²) in [5.41, 5.74) is -2.43. The first-order chi connectivity index (χ1) is 8.72. The van der Waals surface area contributed by atoms with Crippen molar-refractivity contribution in [3.63, 3.8) is 0 Å². The molecule has 8 heteroatoms. The average Bonchev–Trinajstić information content (AvgIpc) is 2.33. The van der Waals surface area contributed by atoms with E-state index in [9.17, 15) is 23.5 Å². The molecule has 1 unspecified atom stereocenters. The Balaban J connectivity index is 3.38. The summed E-state index contributed by atoms with van der Waals surface area (Å²) < 4.78 is 26.8. The predicted octanol–water partition coefficient (Wildman–Crippen LogP) is 2.38. The van der Waals surface area contributed by atoms with Gasteiger partial charge in [-0.1, -0.05) is 0 Å². The third kappa shape index (κ3) is 3.22. The van der Waals surface area contributed by atoms with E-state index in [1.165, 1.54) is 0 Å². The molecule has 0 aliphatic heterocycles. The molecule has 0 bridgehead atoms. The molecule has 19 heavy (non-hydrogen) atoms. The number of aliphatic carboxylic acids is 1. The highest BCUT2D eigenvalue weighted by atomic mass is 79.9. The van der Waals surface area contributed by atoms with Crippen molar-refractivity contribution in [1.82, 2.24) is 5.32 Å². The molecule has 0 aliphatic rings. The normalized spacial score (nSPS) is 13.7. The number of carboxylic acids is 1. The van der Waals surface area contributed by atoms with E-state index in [1.807, 2.05) is 0 Å². The Morgan fingerprint density at radius 1 is 1.42 bits per heavy atom. The third-order valence-corrected chi connectivity index (χ3v) is 3.34.